The average molecular weight is 292 g/mol. The van der Waals surface area contributed by atoms with E-state index in [2.05, 4.69) is 10.1 Å². The van der Waals surface area contributed by atoms with Gasteiger partial charge in [-0.3, -0.25) is 4.79 Å². The summed E-state index contributed by atoms with van der Waals surface area (Å²) in [6.07, 6.45) is 0.383. The molecule has 5 nitrogen and oxygen atoms in total. The maximum atomic E-state index is 12.2. The van der Waals surface area contributed by atoms with Gasteiger partial charge in [-0.15, -0.1) is 0 Å². The molecule has 1 fully saturated rings. The Hall–Kier alpha value is -1.88. The van der Waals surface area contributed by atoms with Gasteiger partial charge in [-0.2, -0.15) is 4.98 Å². The monoisotopic (exact) mass is 291 g/mol. The summed E-state index contributed by atoms with van der Waals surface area (Å²) in [6.45, 7) is 4.27. The van der Waals surface area contributed by atoms with Gasteiger partial charge in [-0.05, 0) is 31.5 Å². The molecule has 1 aromatic carbocycles. The number of benzene rings is 1. The molecule has 2 heterocycles. The molecule has 0 spiro atoms. The lowest BCUT2D eigenvalue weighted by atomic mass is 10.1. The molecule has 1 atom stereocenters. The highest BCUT2D eigenvalue weighted by atomic mass is 35.5. The Morgan fingerprint density at radius 2 is 2.20 bits per heavy atom. The van der Waals surface area contributed by atoms with Gasteiger partial charge < -0.3 is 9.42 Å². The molecule has 1 aliphatic heterocycles. The van der Waals surface area contributed by atoms with E-state index in [4.69, 9.17) is 16.1 Å². The van der Waals surface area contributed by atoms with Crippen molar-refractivity contribution in [3.63, 3.8) is 0 Å². The molecule has 1 aromatic heterocycles. The van der Waals surface area contributed by atoms with Crippen molar-refractivity contribution in [2.45, 2.75) is 26.2 Å². The quantitative estimate of drug-likeness (QED) is 0.853. The Kier molecular flexibility index (Phi) is 3.22. The second-order valence-electron chi connectivity index (χ2n) is 5.02. The standard InChI is InChI=1S/C14H14ClN3O2/c1-8-3-4-11(15)6-12(8)18-7-10(5-13(18)19)14-16-9(2)17-20-14/h3-4,6,10H,5,7H2,1-2H3. The SMILES string of the molecule is Cc1noc(C2CC(=O)N(c3cc(Cl)ccc3C)C2)n1. The molecule has 1 unspecified atom stereocenters. The van der Waals surface area contributed by atoms with Crippen LogP contribution in [-0.2, 0) is 4.79 Å². The highest BCUT2D eigenvalue weighted by Crippen LogP contribution is 2.33. The molecule has 3 rings (SSSR count). The smallest absolute Gasteiger partial charge is 0.232 e. The van der Waals surface area contributed by atoms with Crippen LogP contribution < -0.4 is 4.90 Å². The molecule has 2 aromatic rings. The number of rotatable bonds is 2. The molecular formula is C14H14ClN3O2. The predicted molar refractivity (Wildman–Crippen MR) is 74.9 cm³/mol. The minimum absolute atomic E-state index is 0.0521. The second-order valence-corrected chi connectivity index (χ2v) is 5.45. The lowest BCUT2D eigenvalue weighted by Crippen LogP contribution is -2.25. The Labute approximate surface area is 121 Å². The van der Waals surface area contributed by atoms with E-state index in [0.29, 0.717) is 29.7 Å². The Morgan fingerprint density at radius 1 is 1.40 bits per heavy atom. The molecular weight excluding hydrogens is 278 g/mol. The van der Waals surface area contributed by atoms with Gasteiger partial charge in [-0.1, -0.05) is 22.8 Å². The first-order valence-electron chi connectivity index (χ1n) is 6.41. The topological polar surface area (TPSA) is 59.2 Å². The molecule has 0 saturated carbocycles. The fourth-order valence-corrected chi connectivity index (χ4v) is 2.62. The van der Waals surface area contributed by atoms with Crippen LogP contribution in [0.1, 0.15) is 29.6 Å². The molecule has 20 heavy (non-hydrogen) atoms. The number of carbonyl (C=O) groups excluding carboxylic acids is 1. The molecule has 0 N–H and O–H groups in total. The fraction of sp³-hybridized carbons (Fsp3) is 0.357. The summed E-state index contributed by atoms with van der Waals surface area (Å²) in [5, 5.41) is 4.40. The van der Waals surface area contributed by atoms with Gasteiger partial charge in [0.2, 0.25) is 11.8 Å². The van der Waals surface area contributed by atoms with Crippen LogP contribution in [-0.4, -0.2) is 22.6 Å². The first-order chi connectivity index (χ1) is 9.54. The lowest BCUT2D eigenvalue weighted by molar-refractivity contribution is -0.117. The van der Waals surface area contributed by atoms with Crippen molar-refractivity contribution < 1.29 is 9.32 Å². The third-order valence-electron chi connectivity index (χ3n) is 3.48. The van der Waals surface area contributed by atoms with Crippen molar-refractivity contribution >= 4 is 23.2 Å². The number of carbonyl (C=O) groups is 1. The summed E-state index contributed by atoms with van der Waals surface area (Å²) in [5.74, 6) is 1.11. The van der Waals surface area contributed by atoms with E-state index in [0.717, 1.165) is 11.3 Å². The summed E-state index contributed by atoms with van der Waals surface area (Å²) in [6, 6.07) is 5.55. The number of nitrogens with zero attached hydrogens (tertiary/aromatic N) is 3. The number of amides is 1. The van der Waals surface area contributed by atoms with Gasteiger partial charge >= 0.3 is 0 Å². The van der Waals surface area contributed by atoms with Crippen LogP contribution >= 0.6 is 11.6 Å². The van der Waals surface area contributed by atoms with Crippen molar-refractivity contribution in [2.75, 3.05) is 11.4 Å². The van der Waals surface area contributed by atoms with Gasteiger partial charge in [0.1, 0.15) is 0 Å². The van der Waals surface area contributed by atoms with Crippen LogP contribution in [0, 0.1) is 13.8 Å². The summed E-state index contributed by atoms with van der Waals surface area (Å²) >= 11 is 6.02. The third-order valence-corrected chi connectivity index (χ3v) is 3.71. The van der Waals surface area contributed by atoms with E-state index in [1.165, 1.54) is 0 Å². The van der Waals surface area contributed by atoms with Crippen LogP contribution in [0.15, 0.2) is 22.7 Å². The van der Waals surface area contributed by atoms with Crippen molar-refractivity contribution in [2.24, 2.45) is 0 Å². The molecule has 0 aliphatic carbocycles. The van der Waals surface area contributed by atoms with Crippen molar-refractivity contribution in [3.8, 4) is 0 Å². The molecule has 104 valence electrons. The lowest BCUT2D eigenvalue weighted by Gasteiger charge is -2.18. The van der Waals surface area contributed by atoms with E-state index in [9.17, 15) is 4.79 Å². The number of hydrogen-bond donors (Lipinski definition) is 0. The van der Waals surface area contributed by atoms with E-state index < -0.39 is 0 Å². The molecule has 1 saturated heterocycles. The molecule has 0 radical (unpaired) electrons. The van der Waals surface area contributed by atoms with E-state index in [1.54, 1.807) is 11.8 Å². The Bertz CT molecular complexity index is 668. The summed E-state index contributed by atoms with van der Waals surface area (Å²) in [5.41, 5.74) is 1.87. The zero-order valence-electron chi connectivity index (χ0n) is 11.3. The van der Waals surface area contributed by atoms with Gasteiger partial charge in [0, 0.05) is 23.7 Å². The van der Waals surface area contributed by atoms with Gasteiger partial charge in [0.15, 0.2) is 5.82 Å². The molecule has 1 aliphatic rings. The highest BCUT2D eigenvalue weighted by Gasteiger charge is 2.35. The first kappa shape index (κ1) is 13.1. The molecule has 0 bridgehead atoms. The molecule has 1 amide bonds. The molecule has 6 heteroatoms. The zero-order chi connectivity index (χ0) is 14.3. The minimum atomic E-state index is -0.0536. The number of hydrogen-bond acceptors (Lipinski definition) is 4. The van der Waals surface area contributed by atoms with Gasteiger partial charge in [0.25, 0.3) is 0 Å². The average Bonchev–Trinajstić information content (AvgIpc) is 2.99. The van der Waals surface area contributed by atoms with Gasteiger partial charge in [-0.25, -0.2) is 0 Å². The summed E-state index contributed by atoms with van der Waals surface area (Å²) in [7, 11) is 0. The van der Waals surface area contributed by atoms with Crippen LogP contribution in [0.25, 0.3) is 0 Å². The fourth-order valence-electron chi connectivity index (χ4n) is 2.46. The van der Waals surface area contributed by atoms with Crippen molar-refractivity contribution in [1.82, 2.24) is 10.1 Å². The van der Waals surface area contributed by atoms with Gasteiger partial charge in [0.05, 0.1) is 5.92 Å². The van der Waals surface area contributed by atoms with E-state index in [1.807, 2.05) is 25.1 Å². The number of anilines is 1. The maximum Gasteiger partial charge on any atom is 0.232 e. The van der Waals surface area contributed by atoms with Crippen LogP contribution in [0.4, 0.5) is 5.69 Å². The Morgan fingerprint density at radius 3 is 2.90 bits per heavy atom. The highest BCUT2D eigenvalue weighted by molar-refractivity contribution is 6.31. The maximum absolute atomic E-state index is 12.2. The van der Waals surface area contributed by atoms with E-state index >= 15 is 0 Å². The zero-order valence-corrected chi connectivity index (χ0v) is 12.0. The normalized spacial score (nSPS) is 18.9. The van der Waals surface area contributed by atoms with Crippen LogP contribution in [0.5, 0.6) is 0 Å². The second kappa shape index (κ2) is 4.90. The van der Waals surface area contributed by atoms with Crippen LogP contribution in [0.2, 0.25) is 5.02 Å². The predicted octanol–water partition coefficient (Wildman–Crippen LogP) is 2.86. The summed E-state index contributed by atoms with van der Waals surface area (Å²) < 4.78 is 5.17. The van der Waals surface area contributed by atoms with Crippen molar-refractivity contribution in [1.29, 1.82) is 0 Å². The Balaban J connectivity index is 1.89. The van der Waals surface area contributed by atoms with E-state index in [-0.39, 0.29) is 11.8 Å². The number of aromatic nitrogens is 2. The minimum Gasteiger partial charge on any atom is -0.339 e. The number of aryl methyl sites for hydroxylation is 2. The summed E-state index contributed by atoms with van der Waals surface area (Å²) in [4.78, 5) is 18.2. The number of halogens is 1. The first-order valence-corrected chi connectivity index (χ1v) is 6.79. The van der Waals surface area contributed by atoms with Crippen LogP contribution in [0.3, 0.4) is 0 Å². The largest absolute Gasteiger partial charge is 0.339 e. The van der Waals surface area contributed by atoms with Crippen molar-refractivity contribution in [3.05, 3.63) is 40.5 Å². The third kappa shape index (κ3) is 2.29.